The van der Waals surface area contributed by atoms with Gasteiger partial charge in [0.25, 0.3) is 5.91 Å². The fourth-order valence-electron chi connectivity index (χ4n) is 3.56. The van der Waals surface area contributed by atoms with Crippen molar-refractivity contribution in [2.24, 2.45) is 0 Å². The minimum Gasteiger partial charge on any atom is -0.486 e. The van der Waals surface area contributed by atoms with Gasteiger partial charge in [0, 0.05) is 18.0 Å². The predicted molar refractivity (Wildman–Crippen MR) is 110 cm³/mol. The molecule has 2 aromatic carbocycles. The molecule has 4 nitrogen and oxygen atoms in total. The number of benzene rings is 2. The zero-order valence-electron chi connectivity index (χ0n) is 15.3. The van der Waals surface area contributed by atoms with Gasteiger partial charge in [-0.2, -0.15) is 0 Å². The lowest BCUT2D eigenvalue weighted by Gasteiger charge is -2.26. The maximum absolute atomic E-state index is 12.8. The van der Waals surface area contributed by atoms with E-state index in [1.165, 1.54) is 15.8 Å². The van der Waals surface area contributed by atoms with Gasteiger partial charge in [-0.1, -0.05) is 30.3 Å². The van der Waals surface area contributed by atoms with Crippen LogP contribution < -0.4 is 4.74 Å². The van der Waals surface area contributed by atoms with Gasteiger partial charge < -0.3 is 14.1 Å². The summed E-state index contributed by atoms with van der Waals surface area (Å²) in [6, 6.07) is 19.8. The van der Waals surface area contributed by atoms with E-state index in [1.54, 1.807) is 17.4 Å². The Morgan fingerprint density at radius 2 is 1.96 bits per heavy atom. The number of thiophene rings is 1. The number of amides is 1. The van der Waals surface area contributed by atoms with Crippen molar-refractivity contribution in [3.05, 3.63) is 88.0 Å². The number of rotatable bonds is 4. The second-order valence-electron chi connectivity index (χ2n) is 6.91. The first kappa shape index (κ1) is 17.1. The second kappa shape index (κ2) is 7.17. The topological polar surface area (TPSA) is 42.7 Å². The molecule has 4 aromatic rings. The molecule has 3 heterocycles. The molecular weight excluding hydrogens is 370 g/mol. The molecule has 140 valence electrons. The molecule has 1 amide bonds. The van der Waals surface area contributed by atoms with Crippen LogP contribution in [-0.2, 0) is 19.6 Å². The molecule has 0 bridgehead atoms. The van der Waals surface area contributed by atoms with Crippen molar-refractivity contribution in [2.45, 2.75) is 19.6 Å². The summed E-state index contributed by atoms with van der Waals surface area (Å²) in [6.07, 6.45) is 0.914. The van der Waals surface area contributed by atoms with Crippen LogP contribution in [0.1, 0.15) is 26.8 Å². The molecule has 0 spiro atoms. The van der Waals surface area contributed by atoms with Gasteiger partial charge in [-0.3, -0.25) is 4.79 Å². The molecule has 1 aliphatic heterocycles. The lowest BCUT2D eigenvalue weighted by atomic mass is 10.1. The van der Waals surface area contributed by atoms with Gasteiger partial charge in [-0.25, -0.2) is 0 Å². The molecule has 0 radical (unpaired) electrons. The molecule has 0 aliphatic carbocycles. The molecule has 28 heavy (non-hydrogen) atoms. The highest BCUT2D eigenvalue weighted by Gasteiger charge is 2.24. The first-order chi connectivity index (χ1) is 13.8. The monoisotopic (exact) mass is 389 g/mol. The molecule has 1 aliphatic rings. The fourth-order valence-corrected chi connectivity index (χ4v) is 4.45. The van der Waals surface area contributed by atoms with E-state index < -0.39 is 0 Å². The quantitative estimate of drug-likeness (QED) is 0.477. The zero-order chi connectivity index (χ0) is 18.9. The molecule has 5 rings (SSSR count). The third kappa shape index (κ3) is 3.29. The van der Waals surface area contributed by atoms with E-state index in [9.17, 15) is 4.79 Å². The van der Waals surface area contributed by atoms with Crippen molar-refractivity contribution < 1.29 is 13.9 Å². The van der Waals surface area contributed by atoms with Crippen LogP contribution in [0, 0.1) is 0 Å². The number of fused-ring (bicyclic) bond motifs is 2. The summed E-state index contributed by atoms with van der Waals surface area (Å²) in [5.41, 5.74) is 1.25. The van der Waals surface area contributed by atoms with Crippen LogP contribution in [0.25, 0.3) is 10.8 Å². The molecule has 0 N–H and O–H groups in total. The average molecular weight is 389 g/mol. The van der Waals surface area contributed by atoms with Gasteiger partial charge in [-0.15, -0.1) is 11.3 Å². The number of carbonyl (C=O) groups excluding carboxylic acids is 1. The minimum atomic E-state index is -0.0613. The Labute approximate surface area is 167 Å². The lowest BCUT2D eigenvalue weighted by molar-refractivity contribution is 0.0699. The van der Waals surface area contributed by atoms with Crippen LogP contribution in [0.15, 0.2) is 70.5 Å². The fraction of sp³-hybridized carbons (Fsp3) is 0.174. The van der Waals surface area contributed by atoms with Crippen molar-refractivity contribution in [3.8, 4) is 5.75 Å². The van der Waals surface area contributed by atoms with Crippen LogP contribution >= 0.6 is 11.3 Å². The number of nitrogens with zero attached hydrogens (tertiary/aromatic N) is 1. The molecule has 0 atom stereocenters. The van der Waals surface area contributed by atoms with E-state index in [1.807, 2.05) is 41.3 Å². The van der Waals surface area contributed by atoms with E-state index >= 15 is 0 Å². The van der Waals surface area contributed by atoms with Crippen molar-refractivity contribution >= 4 is 28.0 Å². The Balaban J connectivity index is 1.25. The number of carbonyl (C=O) groups is 1. The second-order valence-corrected chi connectivity index (χ2v) is 7.91. The smallest absolute Gasteiger partial charge is 0.289 e. The Morgan fingerprint density at radius 3 is 2.89 bits per heavy atom. The van der Waals surface area contributed by atoms with Crippen molar-refractivity contribution in [2.75, 3.05) is 6.54 Å². The molecule has 0 saturated heterocycles. The molecular formula is C23H19NO3S. The summed E-state index contributed by atoms with van der Waals surface area (Å²) >= 11 is 1.77. The SMILES string of the molecule is O=C(c1ccc(COc2ccc3ccccc3c2)o1)N1CCc2sccc2C1. The summed E-state index contributed by atoms with van der Waals surface area (Å²) in [5, 5.41) is 4.40. The normalized spacial score (nSPS) is 13.5. The number of furan rings is 1. The summed E-state index contributed by atoms with van der Waals surface area (Å²) in [4.78, 5) is 16.0. The molecule has 0 unspecified atom stereocenters. The van der Waals surface area contributed by atoms with Gasteiger partial charge >= 0.3 is 0 Å². The number of hydrogen-bond donors (Lipinski definition) is 0. The Morgan fingerprint density at radius 1 is 1.07 bits per heavy atom. The lowest BCUT2D eigenvalue weighted by Crippen LogP contribution is -2.35. The zero-order valence-corrected chi connectivity index (χ0v) is 16.1. The third-order valence-corrected chi connectivity index (χ3v) is 6.09. The standard InChI is InChI=1S/C23H19NO3S/c25-23(24-11-9-22-18(14-24)10-12-28-22)21-8-7-20(27-21)15-26-19-6-5-16-3-1-2-4-17(16)13-19/h1-8,10,12-13H,9,11,14-15H2. The number of hydrogen-bond acceptors (Lipinski definition) is 4. The van der Waals surface area contributed by atoms with Crippen LogP contribution in [0.3, 0.4) is 0 Å². The maximum Gasteiger partial charge on any atom is 0.289 e. The van der Waals surface area contributed by atoms with E-state index in [0.29, 0.717) is 24.7 Å². The van der Waals surface area contributed by atoms with Gasteiger partial charge in [-0.05, 0) is 58.5 Å². The van der Waals surface area contributed by atoms with Gasteiger partial charge in [0.15, 0.2) is 5.76 Å². The highest BCUT2D eigenvalue weighted by Crippen LogP contribution is 2.26. The molecule has 2 aromatic heterocycles. The van der Waals surface area contributed by atoms with Crippen LogP contribution in [0.4, 0.5) is 0 Å². The van der Waals surface area contributed by atoms with E-state index in [4.69, 9.17) is 9.15 Å². The largest absolute Gasteiger partial charge is 0.486 e. The molecule has 5 heteroatoms. The van der Waals surface area contributed by atoms with Gasteiger partial charge in [0.2, 0.25) is 0 Å². The average Bonchev–Trinajstić information content (AvgIpc) is 3.40. The Bertz CT molecular complexity index is 1140. The predicted octanol–water partition coefficient (Wildman–Crippen LogP) is 5.27. The van der Waals surface area contributed by atoms with Crippen molar-refractivity contribution in [1.82, 2.24) is 4.90 Å². The minimum absolute atomic E-state index is 0.0613. The summed E-state index contributed by atoms with van der Waals surface area (Å²) in [6.45, 7) is 1.68. The van der Waals surface area contributed by atoms with E-state index in [2.05, 4.69) is 23.6 Å². The van der Waals surface area contributed by atoms with Gasteiger partial charge in [0.1, 0.15) is 18.1 Å². The van der Waals surface area contributed by atoms with Crippen molar-refractivity contribution in [1.29, 1.82) is 0 Å². The van der Waals surface area contributed by atoms with Crippen LogP contribution in [0.2, 0.25) is 0 Å². The molecule has 0 fully saturated rings. The maximum atomic E-state index is 12.8. The van der Waals surface area contributed by atoms with Crippen molar-refractivity contribution in [3.63, 3.8) is 0 Å². The Hall–Kier alpha value is -3.05. The van der Waals surface area contributed by atoms with E-state index in [0.717, 1.165) is 24.1 Å². The summed E-state index contributed by atoms with van der Waals surface area (Å²) in [7, 11) is 0. The summed E-state index contributed by atoms with van der Waals surface area (Å²) < 4.78 is 11.6. The third-order valence-electron chi connectivity index (χ3n) is 5.07. The van der Waals surface area contributed by atoms with Crippen LogP contribution in [0.5, 0.6) is 5.75 Å². The van der Waals surface area contributed by atoms with Gasteiger partial charge in [0.05, 0.1) is 0 Å². The van der Waals surface area contributed by atoms with E-state index in [-0.39, 0.29) is 5.91 Å². The Kier molecular flexibility index (Phi) is 4.37. The van der Waals surface area contributed by atoms with Crippen LogP contribution in [-0.4, -0.2) is 17.4 Å². The summed E-state index contributed by atoms with van der Waals surface area (Å²) in [5.74, 6) is 1.73. The first-order valence-electron chi connectivity index (χ1n) is 9.31. The first-order valence-corrected chi connectivity index (χ1v) is 10.2. The number of ether oxygens (including phenoxy) is 1. The highest BCUT2D eigenvalue weighted by molar-refractivity contribution is 7.10. The molecule has 0 saturated carbocycles. The highest BCUT2D eigenvalue weighted by atomic mass is 32.1.